The molecule has 0 bridgehead atoms. The lowest BCUT2D eigenvalue weighted by Gasteiger charge is -2.10. The number of hydrogen-bond acceptors (Lipinski definition) is 2. The first-order valence-corrected chi connectivity index (χ1v) is 8.61. The Balaban J connectivity index is 1.81. The van der Waals surface area contributed by atoms with Crippen molar-refractivity contribution in [2.45, 2.75) is 84.1 Å². The summed E-state index contributed by atoms with van der Waals surface area (Å²) in [5.74, 6) is 1.04. The normalized spacial score (nSPS) is 12.7. The molecule has 1 atom stereocenters. The van der Waals surface area contributed by atoms with Crippen LogP contribution in [-0.4, -0.2) is 6.54 Å². The minimum Gasteiger partial charge on any atom is -0.468 e. The molecule has 20 heavy (non-hydrogen) atoms. The van der Waals surface area contributed by atoms with Crippen LogP contribution < -0.4 is 5.32 Å². The minimum absolute atomic E-state index is 0.337. The van der Waals surface area contributed by atoms with E-state index in [9.17, 15) is 0 Å². The van der Waals surface area contributed by atoms with Crippen LogP contribution in [0, 0.1) is 0 Å². The van der Waals surface area contributed by atoms with Crippen LogP contribution in [0.2, 0.25) is 0 Å². The third-order valence-corrected chi connectivity index (χ3v) is 3.95. The van der Waals surface area contributed by atoms with Crippen LogP contribution in [0.3, 0.4) is 0 Å². The monoisotopic (exact) mass is 279 g/mol. The number of rotatable bonds is 13. The quantitative estimate of drug-likeness (QED) is 0.458. The molecule has 0 radical (unpaired) electrons. The van der Waals surface area contributed by atoms with Gasteiger partial charge in [0.25, 0.3) is 0 Å². The summed E-state index contributed by atoms with van der Waals surface area (Å²) < 4.78 is 5.38. The van der Waals surface area contributed by atoms with E-state index in [1.807, 2.05) is 12.1 Å². The van der Waals surface area contributed by atoms with Crippen LogP contribution >= 0.6 is 0 Å². The Bertz CT molecular complexity index is 294. The van der Waals surface area contributed by atoms with E-state index in [4.69, 9.17) is 4.42 Å². The van der Waals surface area contributed by atoms with Gasteiger partial charge in [-0.15, -0.1) is 0 Å². The van der Waals surface area contributed by atoms with E-state index in [0.717, 1.165) is 12.3 Å². The van der Waals surface area contributed by atoms with Crippen molar-refractivity contribution in [1.29, 1.82) is 0 Å². The van der Waals surface area contributed by atoms with Crippen molar-refractivity contribution in [2.75, 3.05) is 6.54 Å². The van der Waals surface area contributed by atoms with Gasteiger partial charge in [-0.3, -0.25) is 0 Å². The zero-order valence-corrected chi connectivity index (χ0v) is 13.5. The van der Waals surface area contributed by atoms with Gasteiger partial charge in [0.1, 0.15) is 5.76 Å². The van der Waals surface area contributed by atoms with Gasteiger partial charge in [0.15, 0.2) is 0 Å². The van der Waals surface area contributed by atoms with E-state index < -0.39 is 0 Å². The van der Waals surface area contributed by atoms with Crippen LogP contribution in [0.5, 0.6) is 0 Å². The molecule has 0 fully saturated rings. The summed E-state index contributed by atoms with van der Waals surface area (Å²) in [5, 5.41) is 3.52. The van der Waals surface area contributed by atoms with Gasteiger partial charge in [-0.05, 0) is 32.0 Å². The van der Waals surface area contributed by atoms with Gasteiger partial charge in [0.2, 0.25) is 0 Å². The molecule has 0 saturated heterocycles. The third kappa shape index (κ3) is 8.42. The molecule has 0 saturated carbocycles. The first kappa shape index (κ1) is 17.3. The molecule has 0 aromatic carbocycles. The predicted octanol–water partition coefficient (Wildman–Crippen LogP) is 5.85. The van der Waals surface area contributed by atoms with Crippen molar-refractivity contribution >= 4 is 0 Å². The molecule has 116 valence electrons. The van der Waals surface area contributed by atoms with Crippen LogP contribution in [0.25, 0.3) is 0 Å². The molecule has 0 spiro atoms. The number of unbranched alkanes of at least 4 members (excludes halogenated alkanes) is 9. The lowest BCUT2D eigenvalue weighted by atomic mass is 10.1. The Kier molecular flexibility index (Phi) is 10.4. The molecule has 1 aromatic rings. The summed E-state index contributed by atoms with van der Waals surface area (Å²) in [7, 11) is 0. The molecular formula is C18H33NO. The van der Waals surface area contributed by atoms with E-state index >= 15 is 0 Å². The summed E-state index contributed by atoms with van der Waals surface area (Å²) >= 11 is 0. The smallest absolute Gasteiger partial charge is 0.120 e. The molecule has 1 rings (SSSR count). The maximum absolute atomic E-state index is 5.38. The Morgan fingerprint density at radius 1 is 0.950 bits per heavy atom. The van der Waals surface area contributed by atoms with Gasteiger partial charge in [0.05, 0.1) is 12.3 Å². The van der Waals surface area contributed by atoms with Gasteiger partial charge in [-0.1, -0.05) is 64.7 Å². The Morgan fingerprint density at radius 2 is 1.55 bits per heavy atom. The highest BCUT2D eigenvalue weighted by Gasteiger charge is 2.05. The molecule has 2 nitrogen and oxygen atoms in total. The van der Waals surface area contributed by atoms with Crippen LogP contribution in [-0.2, 0) is 0 Å². The third-order valence-electron chi connectivity index (χ3n) is 3.95. The summed E-state index contributed by atoms with van der Waals surface area (Å²) in [6.45, 7) is 5.54. The lowest BCUT2D eigenvalue weighted by molar-refractivity contribution is 0.425. The first-order valence-electron chi connectivity index (χ1n) is 8.61. The van der Waals surface area contributed by atoms with E-state index in [2.05, 4.69) is 19.2 Å². The second-order valence-electron chi connectivity index (χ2n) is 5.87. The molecule has 1 N–H and O–H groups in total. The molecule has 0 aliphatic carbocycles. The molecule has 0 amide bonds. The van der Waals surface area contributed by atoms with Crippen molar-refractivity contribution in [3.63, 3.8) is 0 Å². The standard InChI is InChI=1S/C18H33NO/c1-3-4-5-6-7-8-9-10-11-12-15-19-17(2)18-14-13-16-20-18/h13-14,16-17,19H,3-12,15H2,1-2H3/t17-/m0/s1. The highest BCUT2D eigenvalue weighted by atomic mass is 16.3. The minimum atomic E-state index is 0.337. The van der Waals surface area contributed by atoms with Crippen LogP contribution in [0.1, 0.15) is 89.9 Å². The van der Waals surface area contributed by atoms with Gasteiger partial charge in [0, 0.05) is 0 Å². The highest BCUT2D eigenvalue weighted by Crippen LogP contribution is 2.13. The van der Waals surface area contributed by atoms with Crippen LogP contribution in [0.4, 0.5) is 0 Å². The van der Waals surface area contributed by atoms with E-state index in [0.29, 0.717) is 6.04 Å². The average molecular weight is 279 g/mol. The topological polar surface area (TPSA) is 25.2 Å². The van der Waals surface area contributed by atoms with E-state index in [1.54, 1.807) is 6.26 Å². The van der Waals surface area contributed by atoms with Crippen molar-refractivity contribution < 1.29 is 4.42 Å². The summed E-state index contributed by atoms with van der Waals surface area (Å²) in [6, 6.07) is 4.33. The average Bonchev–Trinajstić information content (AvgIpc) is 2.99. The SMILES string of the molecule is CCCCCCCCCCCCN[C@@H](C)c1ccco1. The Hall–Kier alpha value is -0.760. The number of furan rings is 1. The van der Waals surface area contributed by atoms with Gasteiger partial charge in [-0.2, -0.15) is 0 Å². The van der Waals surface area contributed by atoms with Gasteiger partial charge >= 0.3 is 0 Å². The van der Waals surface area contributed by atoms with Crippen molar-refractivity contribution in [1.82, 2.24) is 5.32 Å². The molecule has 0 unspecified atom stereocenters. The lowest BCUT2D eigenvalue weighted by Crippen LogP contribution is -2.19. The van der Waals surface area contributed by atoms with Crippen LogP contribution in [0.15, 0.2) is 22.8 Å². The summed E-state index contributed by atoms with van der Waals surface area (Å²) in [4.78, 5) is 0. The van der Waals surface area contributed by atoms with E-state index in [1.165, 1.54) is 64.2 Å². The summed E-state index contributed by atoms with van der Waals surface area (Å²) in [5.41, 5.74) is 0. The highest BCUT2D eigenvalue weighted by molar-refractivity contribution is 5.02. The maximum Gasteiger partial charge on any atom is 0.120 e. The molecule has 2 heteroatoms. The molecular weight excluding hydrogens is 246 g/mol. The fraction of sp³-hybridized carbons (Fsp3) is 0.778. The molecule has 1 aromatic heterocycles. The maximum atomic E-state index is 5.38. The van der Waals surface area contributed by atoms with Crippen molar-refractivity contribution in [3.05, 3.63) is 24.2 Å². The molecule has 1 heterocycles. The van der Waals surface area contributed by atoms with Crippen molar-refractivity contribution in [3.8, 4) is 0 Å². The Morgan fingerprint density at radius 3 is 2.10 bits per heavy atom. The zero-order valence-electron chi connectivity index (χ0n) is 13.5. The molecule has 0 aliphatic heterocycles. The predicted molar refractivity (Wildman–Crippen MR) is 87.0 cm³/mol. The molecule has 0 aliphatic rings. The fourth-order valence-electron chi connectivity index (χ4n) is 2.57. The first-order chi connectivity index (χ1) is 9.84. The van der Waals surface area contributed by atoms with Gasteiger partial charge < -0.3 is 9.73 Å². The zero-order chi connectivity index (χ0) is 14.5. The fourth-order valence-corrected chi connectivity index (χ4v) is 2.57. The van der Waals surface area contributed by atoms with Gasteiger partial charge in [-0.25, -0.2) is 0 Å². The number of nitrogens with one attached hydrogen (secondary N) is 1. The second-order valence-corrected chi connectivity index (χ2v) is 5.87. The Labute approximate surface area is 125 Å². The second kappa shape index (κ2) is 12.0. The summed E-state index contributed by atoms with van der Waals surface area (Å²) in [6.07, 6.45) is 15.7. The number of hydrogen-bond donors (Lipinski definition) is 1. The van der Waals surface area contributed by atoms with E-state index in [-0.39, 0.29) is 0 Å². The largest absolute Gasteiger partial charge is 0.468 e. The van der Waals surface area contributed by atoms with Crippen molar-refractivity contribution in [2.24, 2.45) is 0 Å².